The first-order valence-electron chi connectivity index (χ1n) is 6.26. The van der Waals surface area contributed by atoms with E-state index in [2.05, 4.69) is 4.74 Å². The number of esters is 1. The quantitative estimate of drug-likeness (QED) is 0.482. The lowest BCUT2D eigenvalue weighted by atomic mass is 10.1. The van der Waals surface area contributed by atoms with Crippen molar-refractivity contribution in [2.45, 2.75) is 6.61 Å². The average molecular weight is 305 g/mol. The molecule has 0 radical (unpaired) electrons. The van der Waals surface area contributed by atoms with E-state index in [0.29, 0.717) is 0 Å². The summed E-state index contributed by atoms with van der Waals surface area (Å²) in [5.41, 5.74) is -0.242. The van der Waals surface area contributed by atoms with Crippen molar-refractivity contribution >= 4 is 11.7 Å². The largest absolute Gasteiger partial charge is 0.482 e. The van der Waals surface area contributed by atoms with Crippen LogP contribution in [0.1, 0.15) is 15.9 Å². The second kappa shape index (κ2) is 6.66. The number of rotatable bonds is 5. The standard InChI is InChI=1S/C15H12FNO5/c1-21-15(18)11-7-13(17(19)20)14(8-12(11)16)22-9-10-5-3-2-4-6-10/h2-8H,9H2,1H3. The first-order valence-corrected chi connectivity index (χ1v) is 6.26. The topological polar surface area (TPSA) is 78.7 Å². The molecule has 0 saturated heterocycles. The predicted octanol–water partition coefficient (Wildman–Crippen LogP) is 3.10. The van der Waals surface area contributed by atoms with Gasteiger partial charge in [0.25, 0.3) is 0 Å². The van der Waals surface area contributed by atoms with Crippen LogP contribution in [-0.4, -0.2) is 18.0 Å². The van der Waals surface area contributed by atoms with Crippen molar-refractivity contribution in [1.82, 2.24) is 0 Å². The van der Waals surface area contributed by atoms with Crippen molar-refractivity contribution in [2.24, 2.45) is 0 Å². The first kappa shape index (κ1) is 15.4. The molecule has 0 saturated carbocycles. The Labute approximate surface area is 125 Å². The van der Waals surface area contributed by atoms with E-state index in [9.17, 15) is 19.3 Å². The maximum atomic E-state index is 13.9. The van der Waals surface area contributed by atoms with Crippen LogP contribution in [0.15, 0.2) is 42.5 Å². The minimum atomic E-state index is -0.991. The summed E-state index contributed by atoms with van der Waals surface area (Å²) in [6.07, 6.45) is 0. The summed E-state index contributed by atoms with van der Waals surface area (Å²) in [4.78, 5) is 21.7. The minimum absolute atomic E-state index is 0.0404. The molecule has 114 valence electrons. The van der Waals surface area contributed by atoms with Crippen LogP contribution in [0.25, 0.3) is 0 Å². The molecule has 2 aromatic carbocycles. The van der Waals surface area contributed by atoms with Crippen molar-refractivity contribution in [3.8, 4) is 5.75 Å². The zero-order valence-corrected chi connectivity index (χ0v) is 11.6. The van der Waals surface area contributed by atoms with Crippen molar-refractivity contribution < 1.29 is 23.6 Å². The van der Waals surface area contributed by atoms with Gasteiger partial charge in [-0.15, -0.1) is 0 Å². The molecule has 0 unspecified atom stereocenters. The summed E-state index contributed by atoms with van der Waals surface area (Å²) in [5.74, 6) is -2.19. The van der Waals surface area contributed by atoms with E-state index in [1.165, 1.54) is 0 Å². The second-order valence-electron chi connectivity index (χ2n) is 4.32. The maximum Gasteiger partial charge on any atom is 0.341 e. The third kappa shape index (κ3) is 3.38. The van der Waals surface area contributed by atoms with E-state index in [4.69, 9.17) is 4.74 Å². The van der Waals surface area contributed by atoms with Gasteiger partial charge in [0, 0.05) is 12.1 Å². The second-order valence-corrected chi connectivity index (χ2v) is 4.32. The number of hydrogen-bond donors (Lipinski definition) is 0. The molecule has 2 rings (SSSR count). The van der Waals surface area contributed by atoms with Crippen LogP contribution in [0.5, 0.6) is 5.75 Å². The summed E-state index contributed by atoms with van der Waals surface area (Å²) in [6.45, 7) is 0.0404. The Balaban J connectivity index is 2.32. The molecule has 7 heteroatoms. The highest BCUT2D eigenvalue weighted by atomic mass is 19.1. The molecule has 0 spiro atoms. The van der Waals surface area contributed by atoms with Crippen molar-refractivity contribution in [3.05, 3.63) is 69.5 Å². The number of nitrogens with zero attached hydrogens (tertiary/aromatic N) is 1. The molecule has 0 aliphatic carbocycles. The van der Waals surface area contributed by atoms with Gasteiger partial charge in [-0.05, 0) is 5.56 Å². The molecule has 0 bridgehead atoms. The van der Waals surface area contributed by atoms with Gasteiger partial charge in [-0.3, -0.25) is 10.1 Å². The molecule has 2 aromatic rings. The molecule has 6 nitrogen and oxygen atoms in total. The molecular weight excluding hydrogens is 293 g/mol. The van der Waals surface area contributed by atoms with Crippen LogP contribution >= 0.6 is 0 Å². The normalized spacial score (nSPS) is 10.1. The third-order valence-corrected chi connectivity index (χ3v) is 2.89. The fourth-order valence-corrected chi connectivity index (χ4v) is 1.80. The lowest BCUT2D eigenvalue weighted by Gasteiger charge is -2.09. The van der Waals surface area contributed by atoms with Crippen LogP contribution < -0.4 is 4.74 Å². The summed E-state index contributed by atoms with van der Waals surface area (Å²) >= 11 is 0. The number of methoxy groups -OCH3 is 1. The van der Waals surface area contributed by atoms with Gasteiger partial charge in [0.2, 0.25) is 0 Å². The van der Waals surface area contributed by atoms with Crippen LogP contribution in [0.3, 0.4) is 0 Å². The van der Waals surface area contributed by atoms with E-state index in [1.807, 2.05) is 6.07 Å². The molecule has 22 heavy (non-hydrogen) atoms. The Morgan fingerprint density at radius 2 is 1.95 bits per heavy atom. The summed E-state index contributed by atoms with van der Waals surface area (Å²) in [7, 11) is 1.06. The SMILES string of the molecule is COC(=O)c1cc([N+](=O)[O-])c(OCc2ccccc2)cc1F. The molecule has 0 aliphatic rings. The average Bonchev–Trinajstić information content (AvgIpc) is 2.52. The molecule has 0 atom stereocenters. The van der Waals surface area contributed by atoms with Crippen LogP contribution in [-0.2, 0) is 11.3 Å². The fraction of sp³-hybridized carbons (Fsp3) is 0.133. The summed E-state index contributed by atoms with van der Waals surface area (Å²) < 4.78 is 23.5. The van der Waals surface area contributed by atoms with E-state index < -0.39 is 28.0 Å². The summed E-state index contributed by atoms with van der Waals surface area (Å²) in [5, 5.41) is 11.1. The van der Waals surface area contributed by atoms with Crippen molar-refractivity contribution in [1.29, 1.82) is 0 Å². The Kier molecular flexibility index (Phi) is 4.67. The van der Waals surface area contributed by atoms with Crippen LogP contribution in [0.2, 0.25) is 0 Å². The van der Waals surface area contributed by atoms with Gasteiger partial charge in [-0.25, -0.2) is 9.18 Å². The molecule has 0 heterocycles. The monoisotopic (exact) mass is 305 g/mol. The maximum absolute atomic E-state index is 13.9. The van der Waals surface area contributed by atoms with Crippen molar-refractivity contribution in [3.63, 3.8) is 0 Å². The zero-order valence-electron chi connectivity index (χ0n) is 11.6. The smallest absolute Gasteiger partial charge is 0.341 e. The molecule has 0 aromatic heterocycles. The van der Waals surface area contributed by atoms with Gasteiger partial charge in [0.1, 0.15) is 18.0 Å². The summed E-state index contributed by atoms with van der Waals surface area (Å²) in [6, 6.07) is 10.5. The molecular formula is C15H12FNO5. The number of carbonyl (C=O) groups excluding carboxylic acids is 1. The van der Waals surface area contributed by atoms with Gasteiger partial charge < -0.3 is 9.47 Å². The molecule has 0 aliphatic heterocycles. The van der Waals surface area contributed by atoms with Gasteiger partial charge in [0.15, 0.2) is 5.75 Å². The van der Waals surface area contributed by atoms with E-state index >= 15 is 0 Å². The molecule has 0 fully saturated rings. The predicted molar refractivity (Wildman–Crippen MR) is 75.2 cm³/mol. The number of nitro benzene ring substituents is 1. The zero-order chi connectivity index (χ0) is 16.1. The number of hydrogen-bond acceptors (Lipinski definition) is 5. The number of nitro groups is 1. The number of carbonyl (C=O) groups is 1. The van der Waals surface area contributed by atoms with Crippen LogP contribution in [0.4, 0.5) is 10.1 Å². The van der Waals surface area contributed by atoms with E-state index in [-0.39, 0.29) is 12.4 Å². The Bertz CT molecular complexity index is 703. The van der Waals surface area contributed by atoms with Gasteiger partial charge >= 0.3 is 11.7 Å². The Morgan fingerprint density at radius 3 is 2.55 bits per heavy atom. The Hall–Kier alpha value is -2.96. The van der Waals surface area contributed by atoms with Gasteiger partial charge in [-0.2, -0.15) is 0 Å². The fourth-order valence-electron chi connectivity index (χ4n) is 1.80. The minimum Gasteiger partial charge on any atom is -0.482 e. The third-order valence-electron chi connectivity index (χ3n) is 2.89. The highest BCUT2D eigenvalue weighted by molar-refractivity contribution is 5.90. The van der Waals surface area contributed by atoms with Crippen LogP contribution in [0, 0.1) is 15.9 Å². The van der Waals surface area contributed by atoms with E-state index in [0.717, 1.165) is 24.8 Å². The molecule has 0 N–H and O–H groups in total. The highest BCUT2D eigenvalue weighted by Crippen LogP contribution is 2.31. The number of benzene rings is 2. The molecule has 0 amide bonds. The lowest BCUT2D eigenvalue weighted by Crippen LogP contribution is -2.07. The van der Waals surface area contributed by atoms with E-state index in [1.54, 1.807) is 24.3 Å². The lowest BCUT2D eigenvalue weighted by molar-refractivity contribution is -0.386. The number of halogens is 1. The van der Waals surface area contributed by atoms with Crippen molar-refractivity contribution in [2.75, 3.05) is 7.11 Å². The first-order chi connectivity index (χ1) is 10.5. The number of ether oxygens (including phenoxy) is 2. The highest BCUT2D eigenvalue weighted by Gasteiger charge is 2.23. The van der Waals surface area contributed by atoms with Gasteiger partial charge in [0.05, 0.1) is 12.0 Å². The Morgan fingerprint density at radius 1 is 1.27 bits per heavy atom. The van der Waals surface area contributed by atoms with Gasteiger partial charge in [-0.1, -0.05) is 30.3 Å².